The van der Waals surface area contributed by atoms with Gasteiger partial charge in [0.15, 0.2) is 11.6 Å². The Bertz CT molecular complexity index is 1380. The van der Waals surface area contributed by atoms with Crippen LogP contribution in [-0.2, 0) is 13.0 Å². The van der Waals surface area contributed by atoms with Crippen molar-refractivity contribution in [3.05, 3.63) is 59.2 Å². The zero-order chi connectivity index (χ0) is 22.5. The van der Waals surface area contributed by atoms with E-state index in [1.165, 1.54) is 6.07 Å². The number of aryl methyl sites for hydroxylation is 1. The molecule has 3 aromatic heterocycles. The molecular formula is C24H23F2N7. The standard InChI is InChI=1S/C24H23F2N7/c1-13-29-23-17(25)9-15(10-20(23)33(13)16-3-2-4-16)22-18(26)12-28-24(32-22)31-21-6-5-14-11-27-8-7-19(14)30-21/h5-6,9-10,12,16,27H,2-4,7-8,11H2,1H3,(H,28,30,31,32). The van der Waals surface area contributed by atoms with Crippen LogP contribution in [0.4, 0.5) is 20.5 Å². The maximum Gasteiger partial charge on any atom is 0.229 e. The Balaban J connectivity index is 1.38. The van der Waals surface area contributed by atoms with Crippen molar-refractivity contribution < 1.29 is 8.78 Å². The largest absolute Gasteiger partial charge is 0.325 e. The zero-order valence-corrected chi connectivity index (χ0v) is 18.2. The molecule has 4 heterocycles. The van der Waals surface area contributed by atoms with Crippen molar-refractivity contribution in [2.75, 3.05) is 11.9 Å². The second-order valence-corrected chi connectivity index (χ2v) is 8.68. The number of nitrogens with zero attached hydrogens (tertiary/aromatic N) is 5. The molecule has 7 nitrogen and oxygen atoms in total. The van der Waals surface area contributed by atoms with Crippen LogP contribution in [0.15, 0.2) is 30.5 Å². The molecule has 33 heavy (non-hydrogen) atoms. The topological polar surface area (TPSA) is 80.6 Å². The highest BCUT2D eigenvalue weighted by Gasteiger charge is 2.25. The third-order valence-electron chi connectivity index (χ3n) is 6.54. The second kappa shape index (κ2) is 7.84. The highest BCUT2D eigenvalue weighted by molar-refractivity contribution is 5.83. The number of rotatable bonds is 4. The predicted molar refractivity (Wildman–Crippen MR) is 121 cm³/mol. The molecule has 2 N–H and O–H groups in total. The van der Waals surface area contributed by atoms with Crippen molar-refractivity contribution in [2.45, 2.75) is 45.2 Å². The first-order valence-corrected chi connectivity index (χ1v) is 11.2. The molecule has 0 unspecified atom stereocenters. The lowest BCUT2D eigenvalue weighted by Crippen LogP contribution is -2.24. The minimum absolute atomic E-state index is 0.0365. The summed E-state index contributed by atoms with van der Waals surface area (Å²) in [6.07, 6.45) is 5.17. The Labute approximate surface area is 189 Å². The monoisotopic (exact) mass is 447 g/mol. The number of aromatic nitrogens is 5. The molecule has 168 valence electrons. The minimum atomic E-state index is -0.616. The molecule has 0 saturated heterocycles. The first-order chi connectivity index (χ1) is 16.1. The van der Waals surface area contributed by atoms with E-state index in [2.05, 4.69) is 35.1 Å². The van der Waals surface area contributed by atoms with Gasteiger partial charge in [-0.05, 0) is 49.9 Å². The molecule has 1 aromatic carbocycles. The van der Waals surface area contributed by atoms with E-state index in [0.29, 0.717) is 28.5 Å². The molecule has 1 fully saturated rings. The van der Waals surface area contributed by atoms with Crippen LogP contribution in [0.3, 0.4) is 0 Å². The molecule has 0 amide bonds. The summed E-state index contributed by atoms with van der Waals surface area (Å²) in [6, 6.07) is 7.23. The van der Waals surface area contributed by atoms with Crippen LogP contribution in [-0.4, -0.2) is 31.0 Å². The van der Waals surface area contributed by atoms with Crippen molar-refractivity contribution in [3.8, 4) is 11.3 Å². The number of imidazole rings is 1. The van der Waals surface area contributed by atoms with Crippen LogP contribution in [0.25, 0.3) is 22.3 Å². The summed E-state index contributed by atoms with van der Waals surface area (Å²) >= 11 is 0. The number of anilines is 2. The van der Waals surface area contributed by atoms with Gasteiger partial charge < -0.3 is 15.2 Å². The Hall–Kier alpha value is -3.46. The molecule has 4 aromatic rings. The average molecular weight is 447 g/mol. The molecule has 6 rings (SSSR count). The Morgan fingerprint density at radius 2 is 1.97 bits per heavy atom. The first kappa shape index (κ1) is 20.2. The maximum absolute atomic E-state index is 15.0. The molecule has 0 spiro atoms. The number of halogens is 2. The van der Waals surface area contributed by atoms with Crippen molar-refractivity contribution in [1.82, 2.24) is 29.8 Å². The normalized spacial score (nSPS) is 16.0. The summed E-state index contributed by atoms with van der Waals surface area (Å²) in [6.45, 7) is 3.56. The average Bonchev–Trinajstić information content (AvgIpc) is 3.10. The van der Waals surface area contributed by atoms with Gasteiger partial charge in [0.25, 0.3) is 0 Å². The molecule has 1 aliphatic carbocycles. The molecule has 1 saturated carbocycles. The Morgan fingerprint density at radius 3 is 2.79 bits per heavy atom. The van der Waals surface area contributed by atoms with Crippen LogP contribution in [0.2, 0.25) is 0 Å². The Morgan fingerprint density at radius 1 is 1.09 bits per heavy atom. The number of fused-ring (bicyclic) bond motifs is 2. The fraction of sp³-hybridized carbons (Fsp3) is 0.333. The summed E-state index contributed by atoms with van der Waals surface area (Å²) in [7, 11) is 0. The lowest BCUT2D eigenvalue weighted by atomic mass is 9.92. The van der Waals surface area contributed by atoms with Crippen LogP contribution >= 0.6 is 0 Å². The van der Waals surface area contributed by atoms with Crippen molar-refractivity contribution in [3.63, 3.8) is 0 Å². The highest BCUT2D eigenvalue weighted by Crippen LogP contribution is 2.37. The van der Waals surface area contributed by atoms with Gasteiger partial charge in [0.05, 0.1) is 11.7 Å². The summed E-state index contributed by atoms with van der Waals surface area (Å²) < 4.78 is 31.8. The molecular weight excluding hydrogens is 424 g/mol. The second-order valence-electron chi connectivity index (χ2n) is 8.68. The van der Waals surface area contributed by atoms with Gasteiger partial charge in [-0.1, -0.05) is 6.07 Å². The van der Waals surface area contributed by atoms with E-state index >= 15 is 0 Å². The zero-order valence-electron chi connectivity index (χ0n) is 18.2. The van der Waals surface area contributed by atoms with Gasteiger partial charge in [-0.2, -0.15) is 0 Å². The quantitative estimate of drug-likeness (QED) is 0.476. The van der Waals surface area contributed by atoms with Crippen molar-refractivity contribution >= 4 is 22.8 Å². The lowest BCUT2D eigenvalue weighted by molar-refractivity contribution is 0.316. The molecule has 9 heteroatoms. The molecule has 2 aliphatic rings. The number of nitrogens with one attached hydrogen (secondary N) is 2. The number of benzene rings is 1. The van der Waals surface area contributed by atoms with Crippen LogP contribution in [0.5, 0.6) is 0 Å². The van der Waals surface area contributed by atoms with E-state index in [1.807, 2.05) is 19.1 Å². The molecule has 1 aliphatic heterocycles. The first-order valence-electron chi connectivity index (χ1n) is 11.2. The van der Waals surface area contributed by atoms with E-state index in [1.54, 1.807) is 6.07 Å². The Kier molecular flexibility index (Phi) is 4.79. The summed E-state index contributed by atoms with van der Waals surface area (Å²) in [4.78, 5) is 17.5. The van der Waals surface area contributed by atoms with E-state index < -0.39 is 11.6 Å². The molecule has 0 atom stereocenters. The predicted octanol–water partition coefficient (Wildman–Crippen LogP) is 4.59. The van der Waals surface area contributed by atoms with Crippen LogP contribution < -0.4 is 10.6 Å². The van der Waals surface area contributed by atoms with E-state index in [-0.39, 0.29) is 11.6 Å². The van der Waals surface area contributed by atoms with Crippen molar-refractivity contribution in [1.29, 1.82) is 0 Å². The van der Waals surface area contributed by atoms with E-state index in [0.717, 1.165) is 62.1 Å². The fourth-order valence-electron chi connectivity index (χ4n) is 4.66. The van der Waals surface area contributed by atoms with Gasteiger partial charge in [-0.3, -0.25) is 0 Å². The van der Waals surface area contributed by atoms with Gasteiger partial charge in [-0.25, -0.2) is 28.7 Å². The smallest absolute Gasteiger partial charge is 0.229 e. The number of hydrogen-bond acceptors (Lipinski definition) is 6. The van der Waals surface area contributed by atoms with Gasteiger partial charge >= 0.3 is 0 Å². The highest BCUT2D eigenvalue weighted by atomic mass is 19.1. The fourth-order valence-corrected chi connectivity index (χ4v) is 4.66. The van der Waals surface area contributed by atoms with Crippen molar-refractivity contribution in [2.24, 2.45) is 0 Å². The van der Waals surface area contributed by atoms with E-state index in [9.17, 15) is 8.78 Å². The number of pyridine rings is 1. The third-order valence-corrected chi connectivity index (χ3v) is 6.54. The molecule has 0 bridgehead atoms. The third kappa shape index (κ3) is 3.52. The minimum Gasteiger partial charge on any atom is -0.325 e. The van der Waals surface area contributed by atoms with Gasteiger partial charge in [0.1, 0.15) is 22.9 Å². The van der Waals surface area contributed by atoms with Gasteiger partial charge in [-0.15, -0.1) is 0 Å². The lowest BCUT2D eigenvalue weighted by Gasteiger charge is -2.28. The SMILES string of the molecule is Cc1nc2c(F)cc(-c3nc(Nc4ccc5c(n4)CCNC5)ncc3F)cc2n1C1CCC1. The maximum atomic E-state index is 15.0. The van der Waals surface area contributed by atoms with Crippen LogP contribution in [0, 0.1) is 18.6 Å². The van der Waals surface area contributed by atoms with Gasteiger partial charge in [0, 0.05) is 36.8 Å². The molecule has 0 radical (unpaired) electrons. The summed E-state index contributed by atoms with van der Waals surface area (Å²) in [5.41, 5.74) is 3.55. The summed E-state index contributed by atoms with van der Waals surface area (Å²) in [5, 5.41) is 6.38. The number of hydrogen-bond donors (Lipinski definition) is 2. The summed E-state index contributed by atoms with van der Waals surface area (Å²) in [5.74, 6) is 0.465. The van der Waals surface area contributed by atoms with Gasteiger partial charge in [0.2, 0.25) is 5.95 Å². The van der Waals surface area contributed by atoms with Crippen LogP contribution in [0.1, 0.15) is 42.4 Å². The van der Waals surface area contributed by atoms with E-state index in [4.69, 9.17) is 0 Å².